The number of carbonyl (C=O) groups excluding carboxylic acids is 3. The zero-order chi connectivity index (χ0) is 25.1. The first-order chi connectivity index (χ1) is 16.8. The van der Waals surface area contributed by atoms with E-state index in [4.69, 9.17) is 4.74 Å². The van der Waals surface area contributed by atoms with Crippen LogP contribution < -0.4 is 10.2 Å². The van der Waals surface area contributed by atoms with Crippen molar-refractivity contribution < 1.29 is 19.1 Å². The second kappa shape index (κ2) is 11.1. The summed E-state index contributed by atoms with van der Waals surface area (Å²) in [5.41, 5.74) is 1.64. The number of Topliss-reactive ketones (excluding diaryl/α,β-unsaturated/α-hetero) is 1. The van der Waals surface area contributed by atoms with Gasteiger partial charge in [-0.15, -0.1) is 0 Å². The third-order valence-electron chi connectivity index (χ3n) is 7.54. The van der Waals surface area contributed by atoms with Crippen molar-refractivity contribution in [3.63, 3.8) is 0 Å². The Bertz CT molecular complexity index is 910. The summed E-state index contributed by atoms with van der Waals surface area (Å²) in [6, 6.07) is 6.43. The van der Waals surface area contributed by atoms with Crippen LogP contribution in [0.2, 0.25) is 0 Å². The summed E-state index contributed by atoms with van der Waals surface area (Å²) in [4.78, 5) is 45.7. The van der Waals surface area contributed by atoms with Gasteiger partial charge in [0.15, 0.2) is 5.78 Å². The van der Waals surface area contributed by atoms with Gasteiger partial charge in [-0.25, -0.2) is 0 Å². The van der Waals surface area contributed by atoms with Crippen molar-refractivity contribution in [1.29, 1.82) is 0 Å². The first-order valence-corrected chi connectivity index (χ1v) is 13.1. The maximum Gasteiger partial charge on any atom is 0.251 e. The smallest absolute Gasteiger partial charge is 0.251 e. The predicted molar refractivity (Wildman–Crippen MR) is 136 cm³/mol. The Morgan fingerprint density at radius 2 is 1.80 bits per heavy atom. The highest BCUT2D eigenvalue weighted by atomic mass is 16.5. The average molecular weight is 485 g/mol. The molecule has 8 nitrogen and oxygen atoms in total. The standard InChI is InChI=1S/C27H40N4O4/c1-5-6-20-16-31(24-23(32)17-35-25(20)24)27(34)22(15-18(2)3)28-26(33)19-7-9-21(10-8-19)30-13-11-29(4)12-14-30/h7-10,18,20,22,24-25H,5-6,11-17H2,1-4H3,(H,28,33)/t20-,22?,24+,25+/m0/s1. The summed E-state index contributed by atoms with van der Waals surface area (Å²) < 4.78 is 5.78. The lowest BCUT2D eigenvalue weighted by Gasteiger charge is -2.34. The third-order valence-corrected chi connectivity index (χ3v) is 7.54. The molecule has 2 amide bonds. The van der Waals surface area contributed by atoms with E-state index in [1.54, 1.807) is 4.90 Å². The molecule has 4 atom stereocenters. The van der Waals surface area contributed by atoms with Gasteiger partial charge >= 0.3 is 0 Å². The van der Waals surface area contributed by atoms with E-state index in [-0.39, 0.29) is 42.1 Å². The van der Waals surface area contributed by atoms with Crippen molar-refractivity contribution in [2.75, 3.05) is 51.3 Å². The zero-order valence-electron chi connectivity index (χ0n) is 21.5. The maximum absolute atomic E-state index is 13.7. The number of hydrogen-bond acceptors (Lipinski definition) is 6. The van der Waals surface area contributed by atoms with Gasteiger partial charge in [0, 0.05) is 49.9 Å². The second-order valence-electron chi connectivity index (χ2n) is 10.7. The number of nitrogens with one attached hydrogen (secondary N) is 1. The Hall–Kier alpha value is -2.45. The van der Waals surface area contributed by atoms with Gasteiger partial charge in [-0.05, 0) is 50.1 Å². The van der Waals surface area contributed by atoms with Crippen LogP contribution >= 0.6 is 0 Å². The van der Waals surface area contributed by atoms with Crippen LogP contribution in [-0.2, 0) is 14.3 Å². The molecule has 0 radical (unpaired) electrons. The van der Waals surface area contributed by atoms with Crippen molar-refractivity contribution in [1.82, 2.24) is 15.1 Å². The lowest BCUT2D eigenvalue weighted by Crippen LogP contribution is -2.52. The number of rotatable bonds is 8. The summed E-state index contributed by atoms with van der Waals surface area (Å²) in [7, 11) is 2.13. The molecule has 192 valence electrons. The van der Waals surface area contributed by atoms with E-state index in [2.05, 4.69) is 29.1 Å². The molecule has 4 rings (SSSR count). The van der Waals surface area contributed by atoms with Gasteiger partial charge < -0.3 is 24.8 Å². The van der Waals surface area contributed by atoms with Gasteiger partial charge in [0.1, 0.15) is 18.7 Å². The number of ketones is 1. The number of amides is 2. The minimum absolute atomic E-state index is 0.0314. The molecule has 0 saturated carbocycles. The molecule has 1 unspecified atom stereocenters. The molecule has 1 N–H and O–H groups in total. The van der Waals surface area contributed by atoms with E-state index >= 15 is 0 Å². The molecule has 3 saturated heterocycles. The fraction of sp³-hybridized carbons (Fsp3) is 0.667. The summed E-state index contributed by atoms with van der Waals surface area (Å²) in [6.45, 7) is 10.7. The molecule has 0 aromatic heterocycles. The van der Waals surface area contributed by atoms with E-state index in [0.29, 0.717) is 18.5 Å². The van der Waals surface area contributed by atoms with Crippen molar-refractivity contribution in [2.45, 2.75) is 58.2 Å². The molecule has 3 aliphatic rings. The van der Waals surface area contributed by atoms with Crippen LogP contribution in [0.1, 0.15) is 50.4 Å². The predicted octanol–water partition coefficient (Wildman–Crippen LogP) is 2.18. The molecule has 35 heavy (non-hydrogen) atoms. The number of piperazine rings is 1. The molecular formula is C27H40N4O4. The summed E-state index contributed by atoms with van der Waals surface area (Å²) in [5, 5.41) is 2.99. The molecule has 3 heterocycles. The van der Waals surface area contributed by atoms with Crippen LogP contribution in [0.15, 0.2) is 24.3 Å². The lowest BCUT2D eigenvalue weighted by atomic mass is 9.97. The number of ether oxygens (including phenoxy) is 1. The van der Waals surface area contributed by atoms with Gasteiger partial charge in [0.25, 0.3) is 5.91 Å². The molecule has 0 aliphatic carbocycles. The Morgan fingerprint density at radius 1 is 1.11 bits per heavy atom. The third kappa shape index (κ3) is 5.70. The van der Waals surface area contributed by atoms with Gasteiger partial charge in [-0.2, -0.15) is 0 Å². The first-order valence-electron chi connectivity index (χ1n) is 13.1. The molecule has 3 fully saturated rings. The molecule has 0 bridgehead atoms. The Labute approximate surface area is 209 Å². The molecule has 3 aliphatic heterocycles. The average Bonchev–Trinajstić information content (AvgIpc) is 3.39. The number of fused-ring (bicyclic) bond motifs is 1. The highest BCUT2D eigenvalue weighted by Gasteiger charge is 2.52. The van der Waals surface area contributed by atoms with Crippen LogP contribution in [-0.4, -0.2) is 92.0 Å². The van der Waals surface area contributed by atoms with E-state index in [9.17, 15) is 14.4 Å². The Morgan fingerprint density at radius 3 is 2.43 bits per heavy atom. The summed E-state index contributed by atoms with van der Waals surface area (Å²) in [6.07, 6.45) is 2.19. The van der Waals surface area contributed by atoms with Crippen molar-refractivity contribution in [2.24, 2.45) is 11.8 Å². The quantitative estimate of drug-likeness (QED) is 0.609. The lowest BCUT2D eigenvalue weighted by molar-refractivity contribution is -0.138. The first kappa shape index (κ1) is 25.6. The minimum atomic E-state index is -0.672. The Kier molecular flexibility index (Phi) is 8.12. The fourth-order valence-corrected chi connectivity index (χ4v) is 5.63. The number of benzene rings is 1. The monoisotopic (exact) mass is 484 g/mol. The van der Waals surface area contributed by atoms with Crippen LogP contribution in [0.5, 0.6) is 0 Å². The number of anilines is 1. The zero-order valence-corrected chi connectivity index (χ0v) is 21.5. The van der Waals surface area contributed by atoms with E-state index in [0.717, 1.165) is 44.7 Å². The number of likely N-dealkylation sites (tertiary alicyclic amines) is 1. The minimum Gasteiger partial charge on any atom is -0.369 e. The van der Waals surface area contributed by atoms with Gasteiger partial charge in [0.05, 0.1) is 6.10 Å². The molecule has 0 spiro atoms. The van der Waals surface area contributed by atoms with Crippen molar-refractivity contribution in [3.05, 3.63) is 29.8 Å². The van der Waals surface area contributed by atoms with Crippen molar-refractivity contribution >= 4 is 23.3 Å². The van der Waals surface area contributed by atoms with Crippen molar-refractivity contribution in [3.8, 4) is 0 Å². The molecule has 1 aromatic carbocycles. The Balaban J connectivity index is 1.45. The van der Waals surface area contributed by atoms with Crippen LogP contribution in [0.25, 0.3) is 0 Å². The fourth-order valence-electron chi connectivity index (χ4n) is 5.63. The van der Waals surface area contributed by atoms with E-state index < -0.39 is 12.1 Å². The normalized spacial score (nSPS) is 25.7. The highest BCUT2D eigenvalue weighted by molar-refractivity contribution is 5.99. The van der Waals surface area contributed by atoms with Crippen LogP contribution in [0, 0.1) is 11.8 Å². The number of nitrogens with zero attached hydrogens (tertiary/aromatic N) is 3. The second-order valence-corrected chi connectivity index (χ2v) is 10.7. The van der Waals surface area contributed by atoms with E-state index in [1.165, 1.54) is 0 Å². The van der Waals surface area contributed by atoms with Gasteiger partial charge in [-0.3, -0.25) is 14.4 Å². The molecule has 8 heteroatoms. The topological polar surface area (TPSA) is 82.2 Å². The number of hydrogen-bond donors (Lipinski definition) is 1. The summed E-state index contributed by atoms with van der Waals surface area (Å²) >= 11 is 0. The van der Waals surface area contributed by atoms with Crippen LogP contribution in [0.3, 0.4) is 0 Å². The summed E-state index contributed by atoms with van der Waals surface area (Å²) in [5.74, 6) is -0.0874. The number of likely N-dealkylation sites (N-methyl/N-ethyl adjacent to an activating group) is 1. The van der Waals surface area contributed by atoms with Gasteiger partial charge in [0.2, 0.25) is 5.91 Å². The SMILES string of the molecule is CCC[C@H]1CN(C(=O)C(CC(C)C)NC(=O)c2ccc(N3CCN(C)CC3)cc2)[C@@H]2C(=O)CO[C@H]12. The van der Waals surface area contributed by atoms with E-state index in [1.807, 2.05) is 38.1 Å². The highest BCUT2D eigenvalue weighted by Crippen LogP contribution is 2.35. The number of carbonyl (C=O) groups is 3. The van der Waals surface area contributed by atoms with Gasteiger partial charge in [-0.1, -0.05) is 27.2 Å². The van der Waals surface area contributed by atoms with Crippen LogP contribution in [0.4, 0.5) is 5.69 Å². The molecular weight excluding hydrogens is 444 g/mol. The maximum atomic E-state index is 13.7. The largest absolute Gasteiger partial charge is 0.369 e. The molecule has 1 aromatic rings.